The predicted octanol–water partition coefficient (Wildman–Crippen LogP) is 3.26. The zero-order chi connectivity index (χ0) is 18.4. The summed E-state index contributed by atoms with van der Waals surface area (Å²) in [6.07, 6.45) is 5.10. The predicted molar refractivity (Wildman–Crippen MR) is 99.1 cm³/mol. The standard InChI is InChI=1S/C18H20N4O3S/c1-2-3-12-26(23,24)22-16-7-5-4-6-15(16)13-17-20-18(21-25-17)14-8-10-19-11-9-14/h4-11,22H,2-3,12-13H2,1H3. The van der Waals surface area contributed by atoms with Gasteiger partial charge in [0.2, 0.25) is 21.7 Å². The molecule has 0 fully saturated rings. The van der Waals surface area contributed by atoms with Gasteiger partial charge in [0, 0.05) is 18.0 Å². The fourth-order valence-electron chi connectivity index (χ4n) is 2.43. The quantitative estimate of drug-likeness (QED) is 0.652. The third-order valence-corrected chi connectivity index (χ3v) is 5.15. The first kappa shape index (κ1) is 18.1. The van der Waals surface area contributed by atoms with Gasteiger partial charge in [0.25, 0.3) is 0 Å². The summed E-state index contributed by atoms with van der Waals surface area (Å²) in [5, 5.41) is 3.97. The Morgan fingerprint density at radius 2 is 1.88 bits per heavy atom. The van der Waals surface area contributed by atoms with Gasteiger partial charge >= 0.3 is 0 Å². The maximum atomic E-state index is 12.2. The van der Waals surface area contributed by atoms with Gasteiger partial charge in [-0.3, -0.25) is 9.71 Å². The van der Waals surface area contributed by atoms with Crippen molar-refractivity contribution in [2.24, 2.45) is 0 Å². The van der Waals surface area contributed by atoms with Gasteiger partial charge in [0.15, 0.2) is 0 Å². The van der Waals surface area contributed by atoms with Gasteiger partial charge < -0.3 is 4.52 Å². The molecule has 8 heteroatoms. The van der Waals surface area contributed by atoms with E-state index in [4.69, 9.17) is 4.52 Å². The molecule has 0 bridgehead atoms. The van der Waals surface area contributed by atoms with Crippen molar-refractivity contribution in [3.05, 3.63) is 60.2 Å². The number of hydrogen-bond donors (Lipinski definition) is 1. The van der Waals surface area contributed by atoms with Crippen molar-refractivity contribution in [1.82, 2.24) is 15.1 Å². The highest BCUT2D eigenvalue weighted by atomic mass is 32.2. The summed E-state index contributed by atoms with van der Waals surface area (Å²) in [4.78, 5) is 8.34. The van der Waals surface area contributed by atoms with Crippen LogP contribution >= 0.6 is 0 Å². The van der Waals surface area contributed by atoms with E-state index in [1.165, 1.54) is 0 Å². The molecular formula is C18H20N4O3S. The number of nitrogens with zero attached hydrogens (tertiary/aromatic N) is 3. The number of anilines is 1. The van der Waals surface area contributed by atoms with Crippen molar-refractivity contribution >= 4 is 15.7 Å². The van der Waals surface area contributed by atoms with Crippen LogP contribution in [0.3, 0.4) is 0 Å². The second-order valence-corrected chi connectivity index (χ2v) is 7.70. The molecule has 1 N–H and O–H groups in total. The maximum absolute atomic E-state index is 12.2. The number of benzene rings is 1. The van der Waals surface area contributed by atoms with Crippen LogP contribution in [0.4, 0.5) is 5.69 Å². The lowest BCUT2D eigenvalue weighted by molar-refractivity contribution is 0.386. The van der Waals surface area contributed by atoms with E-state index < -0.39 is 10.0 Å². The van der Waals surface area contributed by atoms with Gasteiger partial charge in [-0.1, -0.05) is 36.7 Å². The van der Waals surface area contributed by atoms with Crippen molar-refractivity contribution in [2.75, 3.05) is 10.5 Å². The summed E-state index contributed by atoms with van der Waals surface area (Å²) in [5.41, 5.74) is 2.12. The fourth-order valence-corrected chi connectivity index (χ4v) is 3.74. The van der Waals surface area contributed by atoms with Crippen LogP contribution in [0.5, 0.6) is 0 Å². The summed E-state index contributed by atoms with van der Waals surface area (Å²) in [5.74, 6) is 0.991. The van der Waals surface area contributed by atoms with Crippen molar-refractivity contribution in [1.29, 1.82) is 0 Å². The molecule has 3 rings (SSSR count). The Morgan fingerprint density at radius 3 is 2.65 bits per heavy atom. The highest BCUT2D eigenvalue weighted by Gasteiger charge is 2.15. The van der Waals surface area contributed by atoms with E-state index in [9.17, 15) is 8.42 Å². The first-order chi connectivity index (χ1) is 12.6. The Labute approximate surface area is 152 Å². The third-order valence-electron chi connectivity index (χ3n) is 3.80. The Balaban J connectivity index is 1.78. The first-order valence-corrected chi connectivity index (χ1v) is 10.0. The molecule has 0 radical (unpaired) electrons. The molecule has 0 saturated heterocycles. The minimum atomic E-state index is -3.37. The molecule has 0 spiro atoms. The van der Waals surface area contributed by atoms with Crippen LogP contribution in [0, 0.1) is 0 Å². The van der Waals surface area contributed by atoms with E-state index in [2.05, 4.69) is 19.8 Å². The molecule has 3 aromatic rings. The van der Waals surface area contributed by atoms with E-state index in [-0.39, 0.29) is 5.75 Å². The first-order valence-electron chi connectivity index (χ1n) is 8.39. The van der Waals surface area contributed by atoms with Crippen molar-refractivity contribution < 1.29 is 12.9 Å². The number of rotatable bonds is 8. The highest BCUT2D eigenvalue weighted by molar-refractivity contribution is 7.92. The van der Waals surface area contributed by atoms with Crippen LogP contribution in [0.15, 0.2) is 53.3 Å². The topological polar surface area (TPSA) is 98.0 Å². The number of aromatic nitrogens is 3. The smallest absolute Gasteiger partial charge is 0.232 e. The molecule has 0 aliphatic carbocycles. The SMILES string of the molecule is CCCCS(=O)(=O)Nc1ccccc1Cc1nc(-c2ccncc2)no1. The zero-order valence-corrected chi connectivity index (χ0v) is 15.2. The molecule has 0 unspecified atom stereocenters. The number of unbranched alkanes of at least 4 members (excludes halogenated alkanes) is 1. The van der Waals surface area contributed by atoms with Crippen molar-refractivity contribution in [3.8, 4) is 11.4 Å². The molecule has 0 amide bonds. The van der Waals surface area contributed by atoms with E-state index in [1.54, 1.807) is 36.7 Å². The molecule has 26 heavy (non-hydrogen) atoms. The lowest BCUT2D eigenvalue weighted by Crippen LogP contribution is -2.17. The van der Waals surface area contributed by atoms with Crippen LogP contribution in [-0.4, -0.2) is 29.3 Å². The molecule has 2 aromatic heterocycles. The Morgan fingerprint density at radius 1 is 1.12 bits per heavy atom. The summed E-state index contributed by atoms with van der Waals surface area (Å²) >= 11 is 0. The molecule has 136 valence electrons. The van der Waals surface area contributed by atoms with Gasteiger partial charge in [-0.25, -0.2) is 8.42 Å². The van der Waals surface area contributed by atoms with Gasteiger partial charge in [-0.15, -0.1) is 0 Å². The highest BCUT2D eigenvalue weighted by Crippen LogP contribution is 2.21. The monoisotopic (exact) mass is 372 g/mol. The molecule has 7 nitrogen and oxygen atoms in total. The molecule has 0 saturated carbocycles. The summed E-state index contributed by atoms with van der Waals surface area (Å²) in [6.45, 7) is 1.96. The van der Waals surface area contributed by atoms with Crippen LogP contribution in [0.25, 0.3) is 11.4 Å². The van der Waals surface area contributed by atoms with Crippen LogP contribution in [-0.2, 0) is 16.4 Å². The lowest BCUT2D eigenvalue weighted by Gasteiger charge is -2.11. The van der Waals surface area contributed by atoms with Crippen LogP contribution in [0.1, 0.15) is 31.2 Å². The van der Waals surface area contributed by atoms with Gasteiger partial charge in [-0.05, 0) is 30.2 Å². The van der Waals surface area contributed by atoms with E-state index >= 15 is 0 Å². The van der Waals surface area contributed by atoms with Crippen molar-refractivity contribution in [3.63, 3.8) is 0 Å². The average Bonchev–Trinajstić information content (AvgIpc) is 3.11. The van der Waals surface area contributed by atoms with Gasteiger partial charge in [0.05, 0.1) is 17.9 Å². The Bertz CT molecular complexity index is 955. The van der Waals surface area contributed by atoms with Gasteiger partial charge in [0.1, 0.15) is 0 Å². The second kappa shape index (κ2) is 8.09. The summed E-state index contributed by atoms with van der Waals surface area (Å²) in [6, 6.07) is 10.8. The third kappa shape index (κ3) is 4.66. The number of para-hydroxylation sites is 1. The molecule has 0 aliphatic rings. The molecular weight excluding hydrogens is 352 g/mol. The number of nitrogens with one attached hydrogen (secondary N) is 1. The zero-order valence-electron chi connectivity index (χ0n) is 14.4. The summed E-state index contributed by atoms with van der Waals surface area (Å²) in [7, 11) is -3.37. The number of hydrogen-bond acceptors (Lipinski definition) is 6. The Kier molecular flexibility index (Phi) is 5.62. The molecule has 2 heterocycles. The van der Waals surface area contributed by atoms with Crippen LogP contribution in [0.2, 0.25) is 0 Å². The second-order valence-electron chi connectivity index (χ2n) is 5.86. The molecule has 1 aromatic carbocycles. The van der Waals surface area contributed by atoms with E-state index in [1.807, 2.05) is 19.1 Å². The van der Waals surface area contributed by atoms with E-state index in [0.717, 1.165) is 17.5 Å². The Hall–Kier alpha value is -2.74. The number of pyridine rings is 1. The fraction of sp³-hybridized carbons (Fsp3) is 0.278. The summed E-state index contributed by atoms with van der Waals surface area (Å²) < 4.78 is 32.3. The van der Waals surface area contributed by atoms with Crippen LogP contribution < -0.4 is 4.72 Å². The average molecular weight is 372 g/mol. The van der Waals surface area contributed by atoms with E-state index in [0.29, 0.717) is 30.2 Å². The molecule has 0 aliphatic heterocycles. The van der Waals surface area contributed by atoms with Crippen molar-refractivity contribution in [2.45, 2.75) is 26.2 Å². The number of sulfonamides is 1. The normalized spacial score (nSPS) is 11.4. The maximum Gasteiger partial charge on any atom is 0.232 e. The lowest BCUT2D eigenvalue weighted by atomic mass is 10.1. The minimum Gasteiger partial charge on any atom is -0.339 e. The van der Waals surface area contributed by atoms with Gasteiger partial charge in [-0.2, -0.15) is 4.98 Å². The largest absolute Gasteiger partial charge is 0.339 e. The minimum absolute atomic E-state index is 0.102. The molecule has 0 atom stereocenters.